The van der Waals surface area contributed by atoms with Crippen LogP contribution in [0.1, 0.15) is 66.8 Å². The number of fused-ring (bicyclic) bond motifs is 1. The third-order valence-electron chi connectivity index (χ3n) is 6.12. The van der Waals surface area contributed by atoms with Crippen LogP contribution in [0.15, 0.2) is 48.8 Å². The van der Waals surface area contributed by atoms with Crippen LogP contribution in [0.25, 0.3) is 16.7 Å². The minimum absolute atomic E-state index is 0.0201. The summed E-state index contributed by atoms with van der Waals surface area (Å²) in [6.07, 6.45) is 6.05. The monoisotopic (exact) mass is 442 g/mol. The average molecular weight is 443 g/mol. The number of para-hydroxylation sites is 1. The number of aromatic nitrogens is 5. The molecule has 1 fully saturated rings. The third-order valence-corrected chi connectivity index (χ3v) is 6.12. The van der Waals surface area contributed by atoms with Gasteiger partial charge in [0.05, 0.1) is 34.1 Å². The van der Waals surface area contributed by atoms with Crippen molar-refractivity contribution in [3.63, 3.8) is 0 Å². The third kappa shape index (κ3) is 4.03. The Bertz CT molecular complexity index is 1320. The minimum Gasteiger partial charge on any atom is -0.337 e. The highest BCUT2D eigenvalue weighted by molar-refractivity contribution is 6.06. The molecule has 7 heteroatoms. The summed E-state index contributed by atoms with van der Waals surface area (Å²) in [7, 11) is 1.84. The highest BCUT2D eigenvalue weighted by Gasteiger charge is 2.31. The number of hydrogen-bond donors (Lipinski definition) is 0. The van der Waals surface area contributed by atoms with E-state index < -0.39 is 0 Å². The fourth-order valence-electron chi connectivity index (χ4n) is 4.25. The van der Waals surface area contributed by atoms with Crippen molar-refractivity contribution >= 4 is 16.9 Å². The van der Waals surface area contributed by atoms with Gasteiger partial charge in [0.15, 0.2) is 5.65 Å². The Morgan fingerprint density at radius 3 is 2.58 bits per heavy atom. The first-order valence-electron chi connectivity index (χ1n) is 11.5. The van der Waals surface area contributed by atoms with Crippen LogP contribution in [0, 0.1) is 6.92 Å². The average Bonchev–Trinajstić information content (AvgIpc) is 3.44. The summed E-state index contributed by atoms with van der Waals surface area (Å²) in [5.41, 5.74) is 5.08. The van der Waals surface area contributed by atoms with Gasteiger partial charge in [-0.15, -0.1) is 0 Å². The van der Waals surface area contributed by atoms with E-state index in [1.165, 1.54) is 0 Å². The van der Waals surface area contributed by atoms with Gasteiger partial charge in [-0.2, -0.15) is 10.2 Å². The molecule has 1 aromatic carbocycles. The normalized spacial score (nSPS) is 14.1. The van der Waals surface area contributed by atoms with Crippen molar-refractivity contribution in [2.24, 2.45) is 0 Å². The Morgan fingerprint density at radius 1 is 1.18 bits per heavy atom. The summed E-state index contributed by atoms with van der Waals surface area (Å²) in [6.45, 7) is 8.78. The van der Waals surface area contributed by atoms with Gasteiger partial charge in [0, 0.05) is 37.0 Å². The number of pyridine rings is 1. The quantitative estimate of drug-likeness (QED) is 0.444. The van der Waals surface area contributed by atoms with E-state index in [4.69, 9.17) is 10.1 Å². The molecule has 1 amide bonds. The maximum atomic E-state index is 13.7. The molecule has 0 aliphatic heterocycles. The number of aryl methyl sites for hydroxylation is 1. The second-order valence-corrected chi connectivity index (χ2v) is 10.0. The van der Waals surface area contributed by atoms with Crippen LogP contribution in [-0.2, 0) is 12.1 Å². The van der Waals surface area contributed by atoms with Crippen molar-refractivity contribution in [3.8, 4) is 5.69 Å². The molecule has 7 nitrogen and oxygen atoms in total. The van der Waals surface area contributed by atoms with Crippen LogP contribution in [0.2, 0.25) is 0 Å². The van der Waals surface area contributed by atoms with Gasteiger partial charge >= 0.3 is 0 Å². The van der Waals surface area contributed by atoms with Crippen LogP contribution in [0.5, 0.6) is 0 Å². The predicted molar refractivity (Wildman–Crippen MR) is 129 cm³/mol. The number of amides is 1. The summed E-state index contributed by atoms with van der Waals surface area (Å²) >= 11 is 0. The lowest BCUT2D eigenvalue weighted by molar-refractivity contribution is 0.0786. The molecule has 0 N–H and O–H groups in total. The molecule has 0 spiro atoms. The lowest BCUT2D eigenvalue weighted by atomic mass is 10.1. The molecular weight excluding hydrogens is 412 g/mol. The topological polar surface area (TPSA) is 68.8 Å². The molecule has 5 rings (SSSR count). The summed E-state index contributed by atoms with van der Waals surface area (Å²) in [4.78, 5) is 20.4. The van der Waals surface area contributed by atoms with E-state index >= 15 is 0 Å². The van der Waals surface area contributed by atoms with Gasteiger partial charge in [0.1, 0.15) is 0 Å². The zero-order chi connectivity index (χ0) is 23.3. The second kappa shape index (κ2) is 7.83. The van der Waals surface area contributed by atoms with Gasteiger partial charge in [-0.3, -0.25) is 4.79 Å². The fraction of sp³-hybridized carbons (Fsp3) is 0.385. The number of hydrogen-bond acceptors (Lipinski definition) is 4. The van der Waals surface area contributed by atoms with Crippen LogP contribution < -0.4 is 0 Å². The van der Waals surface area contributed by atoms with Gasteiger partial charge in [0.2, 0.25) is 0 Å². The van der Waals surface area contributed by atoms with Gasteiger partial charge in [-0.25, -0.2) is 14.3 Å². The van der Waals surface area contributed by atoms with E-state index in [2.05, 4.69) is 25.9 Å². The van der Waals surface area contributed by atoms with Crippen molar-refractivity contribution < 1.29 is 4.79 Å². The molecule has 0 bridgehead atoms. The zero-order valence-corrected chi connectivity index (χ0v) is 19.9. The van der Waals surface area contributed by atoms with E-state index in [9.17, 15) is 4.79 Å². The Hall–Kier alpha value is -3.48. The molecule has 170 valence electrons. The number of rotatable bonds is 5. The van der Waals surface area contributed by atoms with Gasteiger partial charge in [-0.1, -0.05) is 18.2 Å². The summed E-state index contributed by atoms with van der Waals surface area (Å²) < 4.78 is 3.80. The standard InChI is InChI=1S/C26H30N6O/c1-17-23-21(13-22(19-11-12-19)28-24(23)32(29-17)26(2,3)4)25(33)30(5)15-18-14-27-31(16-18)20-9-7-6-8-10-20/h6-10,13-14,16,19H,11-12,15H2,1-5H3. The van der Waals surface area contributed by atoms with Crippen molar-refractivity contribution in [2.45, 2.75) is 58.5 Å². The molecule has 4 aromatic rings. The molecule has 0 radical (unpaired) electrons. The van der Waals surface area contributed by atoms with Crippen molar-refractivity contribution in [2.75, 3.05) is 7.05 Å². The Labute approximate surface area is 194 Å². The molecule has 1 aliphatic carbocycles. The summed E-state index contributed by atoms with van der Waals surface area (Å²) in [5, 5.41) is 10.1. The van der Waals surface area contributed by atoms with E-state index in [-0.39, 0.29) is 11.4 Å². The maximum absolute atomic E-state index is 13.7. The molecule has 0 unspecified atom stereocenters. The molecule has 3 aromatic heterocycles. The molecule has 3 heterocycles. The summed E-state index contributed by atoms with van der Waals surface area (Å²) in [6, 6.07) is 12.0. The van der Waals surface area contributed by atoms with E-state index in [1.807, 2.05) is 72.1 Å². The van der Waals surface area contributed by atoms with E-state index in [0.717, 1.165) is 46.5 Å². The van der Waals surface area contributed by atoms with Gasteiger partial charge in [0.25, 0.3) is 5.91 Å². The van der Waals surface area contributed by atoms with Crippen LogP contribution in [-0.4, -0.2) is 42.4 Å². The maximum Gasteiger partial charge on any atom is 0.254 e. The first kappa shape index (κ1) is 21.4. The van der Waals surface area contributed by atoms with Crippen LogP contribution in [0.4, 0.5) is 0 Å². The number of carbonyl (C=O) groups excluding carboxylic acids is 1. The number of carbonyl (C=O) groups is 1. The van der Waals surface area contributed by atoms with Crippen molar-refractivity contribution in [3.05, 3.63) is 71.3 Å². The van der Waals surface area contributed by atoms with Crippen molar-refractivity contribution in [1.82, 2.24) is 29.4 Å². The highest BCUT2D eigenvalue weighted by Crippen LogP contribution is 2.41. The Kier molecular flexibility index (Phi) is 5.07. The molecule has 0 saturated heterocycles. The van der Waals surface area contributed by atoms with Crippen LogP contribution >= 0.6 is 0 Å². The first-order valence-corrected chi connectivity index (χ1v) is 11.5. The first-order chi connectivity index (χ1) is 15.7. The lowest BCUT2D eigenvalue weighted by Crippen LogP contribution is -2.27. The fourth-order valence-corrected chi connectivity index (χ4v) is 4.25. The molecule has 1 aliphatic rings. The molecular formula is C26H30N6O. The van der Waals surface area contributed by atoms with Crippen molar-refractivity contribution in [1.29, 1.82) is 0 Å². The number of nitrogens with zero attached hydrogens (tertiary/aromatic N) is 6. The smallest absolute Gasteiger partial charge is 0.254 e. The lowest BCUT2D eigenvalue weighted by Gasteiger charge is -2.21. The van der Waals surface area contributed by atoms with Gasteiger partial charge < -0.3 is 4.90 Å². The molecule has 0 atom stereocenters. The highest BCUT2D eigenvalue weighted by atomic mass is 16.2. The van der Waals surface area contributed by atoms with E-state index in [0.29, 0.717) is 18.0 Å². The Morgan fingerprint density at radius 2 is 1.91 bits per heavy atom. The molecule has 1 saturated carbocycles. The zero-order valence-electron chi connectivity index (χ0n) is 19.9. The predicted octanol–water partition coefficient (Wildman–Crippen LogP) is 4.83. The summed E-state index contributed by atoms with van der Waals surface area (Å²) in [5.74, 6) is 0.423. The minimum atomic E-state index is -0.222. The second-order valence-electron chi connectivity index (χ2n) is 10.0. The van der Waals surface area contributed by atoms with Crippen LogP contribution in [0.3, 0.4) is 0 Å². The largest absolute Gasteiger partial charge is 0.337 e. The number of benzene rings is 1. The SMILES string of the molecule is Cc1nn(C(C)(C)C)c2nc(C3CC3)cc(C(=O)N(C)Cc3cnn(-c4ccccc4)c3)c12. The Balaban J connectivity index is 1.49. The molecule has 33 heavy (non-hydrogen) atoms. The van der Waals surface area contributed by atoms with E-state index in [1.54, 1.807) is 4.90 Å². The van der Waals surface area contributed by atoms with Gasteiger partial charge in [-0.05, 0) is 58.7 Å².